The lowest BCUT2D eigenvalue weighted by Crippen LogP contribution is -2.65. The fourth-order valence-electron chi connectivity index (χ4n) is 12.0. The summed E-state index contributed by atoms with van der Waals surface area (Å²) in [5, 5.41) is 12.1. The Hall–Kier alpha value is -1.30. The van der Waals surface area contributed by atoms with Crippen LogP contribution >= 0.6 is 0 Å². The summed E-state index contributed by atoms with van der Waals surface area (Å²) in [6.07, 6.45) is 30.4. The number of nitrogens with one attached hydrogen (secondary N) is 2. The molecule has 58 heavy (non-hydrogen) atoms. The third-order valence-corrected chi connectivity index (χ3v) is 14.3. The van der Waals surface area contributed by atoms with Gasteiger partial charge in [-0.05, 0) is 164 Å². The van der Waals surface area contributed by atoms with Gasteiger partial charge in [0.2, 0.25) is 5.91 Å². The van der Waals surface area contributed by atoms with Crippen LogP contribution in [0, 0.1) is 11.8 Å². The number of nitrogens with two attached hydrogens (primary N) is 2. The molecule has 0 aromatic rings. The van der Waals surface area contributed by atoms with Gasteiger partial charge in [-0.1, -0.05) is 83.5 Å². The molecule has 0 bridgehead atoms. The molecular weight excluding hydrogens is 725 g/mol. The van der Waals surface area contributed by atoms with E-state index in [2.05, 4.69) is 76.1 Å². The van der Waals surface area contributed by atoms with Crippen molar-refractivity contribution in [2.24, 2.45) is 23.3 Å². The van der Waals surface area contributed by atoms with Gasteiger partial charge in [-0.25, -0.2) is 0 Å². The lowest BCUT2D eigenvalue weighted by Gasteiger charge is -2.55. The number of hydrogen-bond acceptors (Lipinski definition) is 8. The molecule has 10 nitrogen and oxygen atoms in total. The van der Waals surface area contributed by atoms with Crippen molar-refractivity contribution in [3.8, 4) is 0 Å². The summed E-state index contributed by atoms with van der Waals surface area (Å²) < 4.78 is 0. The molecule has 0 atom stereocenters. The van der Waals surface area contributed by atoms with Crippen molar-refractivity contribution in [1.29, 1.82) is 0 Å². The Bertz CT molecular complexity index is 1120. The monoisotopic (exact) mass is 817 g/mol. The first-order chi connectivity index (χ1) is 27.4. The second kappa shape index (κ2) is 22.7. The third kappa shape index (κ3) is 15.3. The standard InChI is InChI=1S/C48H92N6O4/c1-44(2)34-38(35-45(3,4)53(44)57-40-26-14-12-15-27-40)24-19-22-32-51-48(43(50)56,31-21-11-9-10-18-30-42(49)55)52-33-23-20-25-39-36-46(5,6)54(47(7,8)37-39)58-41-28-16-13-17-29-41/h38-41,51-52H,9-37H2,1-8H3,(H2,49,55)(H2,50,56). The molecular formula is C48H92N6O4. The van der Waals surface area contributed by atoms with E-state index in [0.717, 1.165) is 96.6 Å². The van der Waals surface area contributed by atoms with E-state index in [-0.39, 0.29) is 34.0 Å². The van der Waals surface area contributed by atoms with E-state index in [9.17, 15) is 9.59 Å². The van der Waals surface area contributed by atoms with Gasteiger partial charge in [-0.2, -0.15) is 10.1 Å². The summed E-state index contributed by atoms with van der Waals surface area (Å²) in [5.41, 5.74) is 10.7. The average Bonchev–Trinajstić information content (AvgIpc) is 3.13. The molecule has 6 N–H and O–H groups in total. The Morgan fingerprint density at radius 3 is 1.31 bits per heavy atom. The highest BCUT2D eigenvalue weighted by Crippen LogP contribution is 2.46. The molecule has 4 rings (SSSR count). The zero-order valence-corrected chi connectivity index (χ0v) is 39.0. The van der Waals surface area contributed by atoms with Crippen LogP contribution in [-0.2, 0) is 19.3 Å². The van der Waals surface area contributed by atoms with Crippen LogP contribution in [0.3, 0.4) is 0 Å². The van der Waals surface area contributed by atoms with Gasteiger partial charge in [0.1, 0.15) is 5.66 Å². The predicted octanol–water partition coefficient (Wildman–Crippen LogP) is 9.97. The van der Waals surface area contributed by atoms with Crippen molar-refractivity contribution in [3.63, 3.8) is 0 Å². The fourth-order valence-corrected chi connectivity index (χ4v) is 12.0. The normalized spacial score (nSPS) is 23.9. The molecule has 10 heteroatoms. The van der Waals surface area contributed by atoms with E-state index in [1.165, 1.54) is 77.0 Å². The summed E-state index contributed by atoms with van der Waals surface area (Å²) in [6, 6.07) is 0. The Morgan fingerprint density at radius 2 is 0.931 bits per heavy atom. The molecule has 4 aliphatic rings. The minimum Gasteiger partial charge on any atom is -0.370 e. The molecule has 2 saturated heterocycles. The van der Waals surface area contributed by atoms with Crippen molar-refractivity contribution in [3.05, 3.63) is 0 Å². The summed E-state index contributed by atoms with van der Waals surface area (Å²) >= 11 is 0. The lowest BCUT2D eigenvalue weighted by atomic mass is 9.73. The fraction of sp³-hybridized carbons (Fsp3) is 0.958. The minimum absolute atomic E-state index is 0.000307. The van der Waals surface area contributed by atoms with Crippen LogP contribution in [0.25, 0.3) is 0 Å². The van der Waals surface area contributed by atoms with E-state index >= 15 is 0 Å². The van der Waals surface area contributed by atoms with Gasteiger partial charge in [-0.3, -0.25) is 29.9 Å². The van der Waals surface area contributed by atoms with Crippen molar-refractivity contribution in [1.82, 2.24) is 20.8 Å². The number of piperidine rings is 2. The Morgan fingerprint density at radius 1 is 0.552 bits per heavy atom. The van der Waals surface area contributed by atoms with Gasteiger partial charge >= 0.3 is 0 Å². The molecule has 2 amide bonds. The van der Waals surface area contributed by atoms with Crippen molar-refractivity contribution in [2.45, 2.75) is 269 Å². The molecule has 0 unspecified atom stereocenters. The second-order valence-corrected chi connectivity index (χ2v) is 22.0. The number of rotatable bonds is 25. The Labute approximate surface area is 356 Å². The number of carbonyl (C=O) groups is 2. The van der Waals surface area contributed by atoms with Gasteiger partial charge in [0.05, 0.1) is 12.2 Å². The molecule has 2 aliphatic carbocycles. The molecule has 2 heterocycles. The zero-order valence-electron chi connectivity index (χ0n) is 39.0. The van der Waals surface area contributed by atoms with Crippen LogP contribution < -0.4 is 22.1 Å². The van der Waals surface area contributed by atoms with Crippen molar-refractivity contribution >= 4 is 11.8 Å². The topological polar surface area (TPSA) is 135 Å². The number of nitrogens with zero attached hydrogens (tertiary/aromatic N) is 2. The van der Waals surface area contributed by atoms with E-state index in [1.807, 2.05) is 0 Å². The highest BCUT2D eigenvalue weighted by atomic mass is 16.7. The molecule has 0 spiro atoms. The SMILES string of the molecule is CC1(C)CC(CCCCNC(CCCCCCCC(N)=O)(NCCCCC2CC(C)(C)N(OC3CCCCC3)C(C)(C)C2)C(N)=O)CC(C)(C)N1OC1CCCCC1. The van der Waals surface area contributed by atoms with Crippen LogP contribution in [-0.4, -0.2) is 75.1 Å². The Balaban J connectivity index is 1.25. The number of carbonyl (C=O) groups excluding carboxylic acids is 2. The van der Waals surface area contributed by atoms with E-state index in [0.29, 0.717) is 36.9 Å². The highest BCUT2D eigenvalue weighted by molar-refractivity contribution is 5.84. The molecule has 4 fully saturated rings. The number of amides is 2. The lowest BCUT2D eigenvalue weighted by molar-refractivity contribution is -0.314. The number of hydroxylamine groups is 4. The smallest absolute Gasteiger partial charge is 0.252 e. The largest absolute Gasteiger partial charge is 0.370 e. The van der Waals surface area contributed by atoms with Gasteiger partial charge in [0, 0.05) is 28.6 Å². The molecule has 2 saturated carbocycles. The second-order valence-electron chi connectivity index (χ2n) is 22.0. The highest BCUT2D eigenvalue weighted by Gasteiger charge is 2.48. The van der Waals surface area contributed by atoms with Crippen LogP contribution in [0.2, 0.25) is 0 Å². The van der Waals surface area contributed by atoms with Crippen LogP contribution in [0.4, 0.5) is 0 Å². The minimum atomic E-state index is -0.912. The molecule has 338 valence electrons. The van der Waals surface area contributed by atoms with Crippen molar-refractivity contribution < 1.29 is 19.3 Å². The first-order valence-corrected chi connectivity index (χ1v) is 24.4. The van der Waals surface area contributed by atoms with Gasteiger partial charge in [-0.15, -0.1) is 0 Å². The first kappa shape index (κ1) is 49.4. The van der Waals surface area contributed by atoms with Gasteiger partial charge < -0.3 is 11.5 Å². The molecule has 2 aliphatic heterocycles. The van der Waals surface area contributed by atoms with Crippen molar-refractivity contribution in [2.75, 3.05) is 13.1 Å². The van der Waals surface area contributed by atoms with E-state index < -0.39 is 5.66 Å². The number of unbranched alkanes of at least 4 members (excludes halogenated alkanes) is 6. The number of primary amides is 2. The van der Waals surface area contributed by atoms with Crippen LogP contribution in [0.15, 0.2) is 0 Å². The summed E-state index contributed by atoms with van der Waals surface area (Å²) in [6.45, 7) is 20.5. The van der Waals surface area contributed by atoms with E-state index in [4.69, 9.17) is 21.1 Å². The molecule has 0 radical (unpaired) electrons. The van der Waals surface area contributed by atoms with Gasteiger partial charge in [0.15, 0.2) is 0 Å². The van der Waals surface area contributed by atoms with E-state index in [1.54, 1.807) is 0 Å². The summed E-state index contributed by atoms with van der Waals surface area (Å²) in [7, 11) is 0. The Kier molecular flexibility index (Phi) is 19.3. The maximum atomic E-state index is 13.3. The summed E-state index contributed by atoms with van der Waals surface area (Å²) in [4.78, 5) is 38.0. The third-order valence-electron chi connectivity index (χ3n) is 14.3. The van der Waals surface area contributed by atoms with Crippen LogP contribution in [0.1, 0.15) is 229 Å². The zero-order chi connectivity index (χ0) is 42.5. The molecule has 0 aromatic heterocycles. The quantitative estimate of drug-likeness (QED) is 0.0529. The number of hydrogen-bond donors (Lipinski definition) is 4. The molecule has 0 aromatic carbocycles. The maximum Gasteiger partial charge on any atom is 0.252 e. The summed E-state index contributed by atoms with van der Waals surface area (Å²) in [5.74, 6) is 0.767. The van der Waals surface area contributed by atoms with Gasteiger partial charge in [0.25, 0.3) is 5.91 Å². The average molecular weight is 817 g/mol. The first-order valence-electron chi connectivity index (χ1n) is 24.4. The van der Waals surface area contributed by atoms with Crippen LogP contribution in [0.5, 0.6) is 0 Å². The maximum absolute atomic E-state index is 13.3. The predicted molar refractivity (Wildman–Crippen MR) is 239 cm³/mol.